The van der Waals surface area contributed by atoms with Gasteiger partial charge in [-0.1, -0.05) is 69.4 Å². The van der Waals surface area contributed by atoms with Crippen LogP contribution in [0.1, 0.15) is 80.1 Å². The van der Waals surface area contributed by atoms with Gasteiger partial charge in [0, 0.05) is 36.7 Å². The molecular weight excluding hydrogens is 492 g/mol. The van der Waals surface area contributed by atoms with Crippen LogP contribution in [0.2, 0.25) is 0 Å². The fourth-order valence-electron chi connectivity index (χ4n) is 5.15. The van der Waals surface area contributed by atoms with Crippen LogP contribution in [0.25, 0.3) is 11.5 Å². The Balaban J connectivity index is 1.57. The smallest absolute Gasteiger partial charge is 0.227 e. The van der Waals surface area contributed by atoms with E-state index in [1.807, 2.05) is 30.3 Å². The minimum atomic E-state index is -0.787. The summed E-state index contributed by atoms with van der Waals surface area (Å²) in [6.07, 6.45) is 11.7. The monoisotopic (exact) mass is 530 g/mol. The van der Waals surface area contributed by atoms with Crippen LogP contribution in [0.4, 0.5) is 0 Å². The Morgan fingerprint density at radius 1 is 1.05 bits per heavy atom. The lowest BCUT2D eigenvalue weighted by molar-refractivity contribution is -0.122. The number of pyridine rings is 1. The van der Waals surface area contributed by atoms with E-state index in [1.165, 1.54) is 32.1 Å². The standard InChI is InChI=1S/C31H38N4O4/c1-21(30(32)38)20-26-29(39-31(35-26)24-16-18-33-19-17-24)28(37)25(14-12-22-8-4-2-5-9-22)34-27(36)15-13-23-10-6-3-7-11-23/h2,4-5,8-9,16-19,21,23,25H,3,6-7,10-15,20H2,1H3,(H2,32,38)(H,34,36). The van der Waals surface area contributed by atoms with Crippen LogP contribution in [0.3, 0.4) is 0 Å². The highest BCUT2D eigenvalue weighted by atomic mass is 16.4. The highest BCUT2D eigenvalue weighted by Gasteiger charge is 2.30. The van der Waals surface area contributed by atoms with E-state index < -0.39 is 17.9 Å². The summed E-state index contributed by atoms with van der Waals surface area (Å²) in [5, 5.41) is 3.00. The number of Topliss-reactive ketones (excluding diaryl/α,β-unsaturated/α-hetero) is 1. The number of hydrogen-bond donors (Lipinski definition) is 2. The first-order valence-electron chi connectivity index (χ1n) is 14.0. The van der Waals surface area contributed by atoms with Crippen molar-refractivity contribution in [3.8, 4) is 11.5 Å². The summed E-state index contributed by atoms with van der Waals surface area (Å²) in [7, 11) is 0. The predicted octanol–water partition coefficient (Wildman–Crippen LogP) is 5.06. The maximum Gasteiger partial charge on any atom is 0.227 e. The molecule has 0 radical (unpaired) electrons. The molecule has 1 aromatic carbocycles. The average Bonchev–Trinajstić information content (AvgIpc) is 3.39. The number of oxazole rings is 1. The topological polar surface area (TPSA) is 128 Å². The fraction of sp³-hybridized carbons (Fsp3) is 0.452. The number of nitrogens with zero attached hydrogens (tertiary/aromatic N) is 2. The number of nitrogens with one attached hydrogen (secondary N) is 1. The van der Waals surface area contributed by atoms with Crippen molar-refractivity contribution in [1.82, 2.24) is 15.3 Å². The highest BCUT2D eigenvalue weighted by molar-refractivity contribution is 6.01. The molecule has 2 atom stereocenters. The predicted molar refractivity (Wildman–Crippen MR) is 149 cm³/mol. The van der Waals surface area contributed by atoms with Crippen molar-refractivity contribution >= 4 is 17.6 Å². The molecular formula is C31H38N4O4. The number of nitrogens with two attached hydrogens (primary N) is 1. The van der Waals surface area contributed by atoms with E-state index >= 15 is 0 Å². The average molecular weight is 531 g/mol. The Bertz CT molecular complexity index is 1240. The van der Waals surface area contributed by atoms with Gasteiger partial charge < -0.3 is 15.5 Å². The zero-order valence-electron chi connectivity index (χ0n) is 22.6. The van der Waals surface area contributed by atoms with Crippen LogP contribution in [0.15, 0.2) is 59.3 Å². The molecule has 0 bridgehead atoms. The third-order valence-electron chi connectivity index (χ3n) is 7.55. The Labute approximate surface area is 229 Å². The lowest BCUT2D eigenvalue weighted by atomic mass is 9.86. The molecule has 3 N–H and O–H groups in total. The molecule has 2 unspecified atom stereocenters. The molecule has 39 heavy (non-hydrogen) atoms. The number of aromatic nitrogens is 2. The quantitative estimate of drug-likeness (QED) is 0.297. The van der Waals surface area contributed by atoms with Crippen molar-refractivity contribution < 1.29 is 18.8 Å². The molecule has 0 saturated heterocycles. The van der Waals surface area contributed by atoms with Gasteiger partial charge in [0.15, 0.2) is 5.76 Å². The molecule has 3 aromatic rings. The van der Waals surface area contributed by atoms with E-state index in [4.69, 9.17) is 10.2 Å². The van der Waals surface area contributed by atoms with Gasteiger partial charge in [0.1, 0.15) is 0 Å². The third kappa shape index (κ3) is 8.09. The van der Waals surface area contributed by atoms with Crippen LogP contribution in [0, 0.1) is 11.8 Å². The minimum absolute atomic E-state index is 0.0561. The molecule has 1 fully saturated rings. The van der Waals surface area contributed by atoms with Crippen molar-refractivity contribution in [2.75, 3.05) is 0 Å². The Morgan fingerprint density at radius 2 is 1.77 bits per heavy atom. The van der Waals surface area contributed by atoms with Gasteiger partial charge in [-0.2, -0.15) is 0 Å². The summed E-state index contributed by atoms with van der Waals surface area (Å²) in [6.45, 7) is 1.69. The first-order chi connectivity index (χ1) is 18.9. The molecule has 0 spiro atoms. The first kappa shape index (κ1) is 28.2. The molecule has 1 aliphatic carbocycles. The molecule has 1 aliphatic rings. The van der Waals surface area contributed by atoms with Gasteiger partial charge in [-0.3, -0.25) is 19.4 Å². The number of amides is 2. The largest absolute Gasteiger partial charge is 0.433 e. The molecule has 8 nitrogen and oxygen atoms in total. The minimum Gasteiger partial charge on any atom is -0.433 e. The number of hydrogen-bond acceptors (Lipinski definition) is 6. The van der Waals surface area contributed by atoms with Crippen molar-refractivity contribution in [3.63, 3.8) is 0 Å². The van der Waals surface area contributed by atoms with Crippen molar-refractivity contribution in [2.45, 2.75) is 77.2 Å². The number of primary amides is 1. The van der Waals surface area contributed by atoms with Crippen LogP contribution in [-0.2, 0) is 22.4 Å². The van der Waals surface area contributed by atoms with E-state index in [9.17, 15) is 14.4 Å². The number of benzene rings is 1. The summed E-state index contributed by atoms with van der Waals surface area (Å²) in [5.41, 5.74) is 7.61. The summed E-state index contributed by atoms with van der Waals surface area (Å²) in [6, 6.07) is 12.5. The molecule has 4 rings (SSSR count). The van der Waals surface area contributed by atoms with Crippen LogP contribution in [0.5, 0.6) is 0 Å². The van der Waals surface area contributed by atoms with Crippen LogP contribution in [-0.4, -0.2) is 33.6 Å². The molecule has 206 valence electrons. The summed E-state index contributed by atoms with van der Waals surface area (Å²) in [5.74, 6) is -0.622. The molecule has 2 amide bonds. The highest BCUT2D eigenvalue weighted by Crippen LogP contribution is 2.28. The zero-order chi connectivity index (χ0) is 27.6. The number of aryl methyl sites for hydroxylation is 1. The zero-order valence-corrected chi connectivity index (χ0v) is 22.6. The van der Waals surface area contributed by atoms with Gasteiger partial charge in [0.2, 0.25) is 23.5 Å². The number of carbonyl (C=O) groups excluding carboxylic acids is 3. The maximum atomic E-state index is 13.9. The Hall–Kier alpha value is -3.81. The second-order valence-electron chi connectivity index (χ2n) is 10.6. The van der Waals surface area contributed by atoms with Crippen LogP contribution < -0.4 is 11.1 Å². The van der Waals surface area contributed by atoms with Gasteiger partial charge in [-0.15, -0.1) is 0 Å². The fourth-order valence-corrected chi connectivity index (χ4v) is 5.15. The summed E-state index contributed by atoms with van der Waals surface area (Å²) in [4.78, 5) is 47.4. The molecule has 2 aromatic heterocycles. The van der Waals surface area contributed by atoms with Crippen LogP contribution >= 0.6 is 0 Å². The second kappa shape index (κ2) is 13.8. The number of rotatable bonds is 13. The third-order valence-corrected chi connectivity index (χ3v) is 7.55. The molecule has 1 saturated carbocycles. The van der Waals surface area contributed by atoms with Gasteiger partial charge >= 0.3 is 0 Å². The molecule has 8 heteroatoms. The SMILES string of the molecule is CC(Cc1nc(-c2ccncc2)oc1C(=O)C(CCc1ccccc1)NC(=O)CCC1CCCCC1)C(N)=O. The van der Waals surface area contributed by atoms with Crippen molar-refractivity contribution in [2.24, 2.45) is 17.6 Å². The maximum absolute atomic E-state index is 13.9. The van der Waals surface area contributed by atoms with E-state index in [0.717, 1.165) is 12.0 Å². The van der Waals surface area contributed by atoms with E-state index in [0.29, 0.717) is 36.4 Å². The summed E-state index contributed by atoms with van der Waals surface area (Å²) >= 11 is 0. The van der Waals surface area contributed by atoms with Gasteiger partial charge in [-0.05, 0) is 42.9 Å². The lowest BCUT2D eigenvalue weighted by Crippen LogP contribution is -2.41. The summed E-state index contributed by atoms with van der Waals surface area (Å²) < 4.78 is 6.02. The van der Waals surface area contributed by atoms with Crippen molar-refractivity contribution in [1.29, 1.82) is 0 Å². The number of carbonyl (C=O) groups is 3. The van der Waals surface area contributed by atoms with Gasteiger partial charge in [0.05, 0.1) is 11.7 Å². The first-order valence-corrected chi connectivity index (χ1v) is 14.0. The Morgan fingerprint density at radius 3 is 2.46 bits per heavy atom. The van der Waals surface area contributed by atoms with Crippen molar-refractivity contribution in [3.05, 3.63) is 71.9 Å². The second-order valence-corrected chi connectivity index (χ2v) is 10.6. The normalized spacial score (nSPS) is 15.4. The van der Waals surface area contributed by atoms with E-state index in [1.54, 1.807) is 31.5 Å². The van der Waals surface area contributed by atoms with Gasteiger partial charge in [-0.25, -0.2) is 4.98 Å². The van der Waals surface area contributed by atoms with E-state index in [2.05, 4.69) is 15.3 Å². The Kier molecular flexibility index (Phi) is 10.00. The lowest BCUT2D eigenvalue weighted by Gasteiger charge is -2.22. The number of ketones is 1. The van der Waals surface area contributed by atoms with Gasteiger partial charge in [0.25, 0.3) is 0 Å². The van der Waals surface area contributed by atoms with E-state index in [-0.39, 0.29) is 29.8 Å². The molecule has 0 aliphatic heterocycles. The molecule has 2 heterocycles.